The van der Waals surface area contributed by atoms with Crippen LogP contribution in [0.1, 0.15) is 29.7 Å². The van der Waals surface area contributed by atoms with Crippen molar-refractivity contribution in [1.82, 2.24) is 15.1 Å². The normalized spacial score (nSPS) is 13.4. The molecule has 1 aromatic heterocycles. The SMILES string of the molecule is CCn1cc(CC(NC)c2ccccc2C(F)(F)F)cn1. The van der Waals surface area contributed by atoms with Gasteiger partial charge in [0.05, 0.1) is 11.8 Å². The van der Waals surface area contributed by atoms with Gasteiger partial charge in [-0.3, -0.25) is 4.68 Å². The molecule has 0 aliphatic rings. The number of aromatic nitrogens is 2. The van der Waals surface area contributed by atoms with Gasteiger partial charge >= 0.3 is 6.18 Å². The first kappa shape index (κ1) is 15.6. The molecule has 1 atom stereocenters. The van der Waals surface area contributed by atoms with Gasteiger partial charge in [0.1, 0.15) is 0 Å². The van der Waals surface area contributed by atoms with Crippen LogP contribution in [-0.4, -0.2) is 16.8 Å². The monoisotopic (exact) mass is 297 g/mol. The van der Waals surface area contributed by atoms with Crippen molar-refractivity contribution < 1.29 is 13.2 Å². The molecule has 0 bridgehead atoms. The van der Waals surface area contributed by atoms with E-state index in [-0.39, 0.29) is 5.56 Å². The predicted octanol–water partition coefficient (Wildman–Crippen LogP) is 3.43. The van der Waals surface area contributed by atoms with E-state index in [1.165, 1.54) is 12.1 Å². The average molecular weight is 297 g/mol. The zero-order valence-corrected chi connectivity index (χ0v) is 12.0. The number of benzene rings is 1. The van der Waals surface area contributed by atoms with E-state index in [1.54, 1.807) is 24.0 Å². The smallest absolute Gasteiger partial charge is 0.313 e. The van der Waals surface area contributed by atoms with E-state index in [9.17, 15) is 13.2 Å². The number of alkyl halides is 3. The molecule has 0 saturated heterocycles. The average Bonchev–Trinajstić information content (AvgIpc) is 2.91. The van der Waals surface area contributed by atoms with Crippen molar-refractivity contribution in [3.8, 4) is 0 Å². The molecule has 1 aromatic carbocycles. The van der Waals surface area contributed by atoms with Gasteiger partial charge in [0, 0.05) is 18.8 Å². The Morgan fingerprint density at radius 3 is 2.57 bits per heavy atom. The second kappa shape index (κ2) is 6.30. The number of hydrogen-bond donors (Lipinski definition) is 1. The molecule has 0 amide bonds. The van der Waals surface area contributed by atoms with Crippen LogP contribution >= 0.6 is 0 Å². The maximum Gasteiger partial charge on any atom is 0.416 e. The third kappa shape index (κ3) is 3.64. The van der Waals surface area contributed by atoms with E-state index in [0.29, 0.717) is 6.42 Å². The molecule has 0 fully saturated rings. The summed E-state index contributed by atoms with van der Waals surface area (Å²) in [6.45, 7) is 2.70. The van der Waals surface area contributed by atoms with Gasteiger partial charge in [0.25, 0.3) is 0 Å². The van der Waals surface area contributed by atoms with Gasteiger partial charge in [-0.05, 0) is 37.6 Å². The van der Waals surface area contributed by atoms with E-state index in [4.69, 9.17) is 0 Å². The summed E-state index contributed by atoms with van der Waals surface area (Å²) >= 11 is 0. The Labute approximate surface area is 121 Å². The summed E-state index contributed by atoms with van der Waals surface area (Å²) in [7, 11) is 1.67. The molecule has 0 spiro atoms. The maximum absolute atomic E-state index is 13.1. The summed E-state index contributed by atoms with van der Waals surface area (Å²) in [6, 6.07) is 5.28. The number of nitrogens with zero attached hydrogens (tertiary/aromatic N) is 2. The Hall–Kier alpha value is -1.82. The van der Waals surface area contributed by atoms with Crippen LogP contribution in [0.15, 0.2) is 36.7 Å². The van der Waals surface area contributed by atoms with Crippen molar-refractivity contribution in [2.75, 3.05) is 7.05 Å². The van der Waals surface area contributed by atoms with Crippen LogP contribution < -0.4 is 5.32 Å². The van der Waals surface area contributed by atoms with Crippen LogP contribution in [0.5, 0.6) is 0 Å². The minimum Gasteiger partial charge on any atom is -0.313 e. The lowest BCUT2D eigenvalue weighted by Gasteiger charge is -2.20. The number of likely N-dealkylation sites (N-methyl/N-ethyl adjacent to an activating group) is 1. The molecular formula is C15H18F3N3. The summed E-state index contributed by atoms with van der Waals surface area (Å²) < 4.78 is 41.1. The standard InChI is InChI=1S/C15H18F3N3/c1-3-21-10-11(9-20-21)8-14(19-2)12-6-4-5-7-13(12)15(16,17)18/h4-7,9-10,14,19H,3,8H2,1-2H3. The zero-order valence-electron chi connectivity index (χ0n) is 12.0. The van der Waals surface area contributed by atoms with Gasteiger partial charge in [-0.1, -0.05) is 18.2 Å². The fraction of sp³-hybridized carbons (Fsp3) is 0.400. The number of rotatable bonds is 5. The van der Waals surface area contributed by atoms with Gasteiger partial charge in [-0.2, -0.15) is 18.3 Å². The number of hydrogen-bond acceptors (Lipinski definition) is 2. The van der Waals surface area contributed by atoms with Crippen LogP contribution in [0.4, 0.5) is 13.2 Å². The predicted molar refractivity (Wildman–Crippen MR) is 74.8 cm³/mol. The Morgan fingerprint density at radius 1 is 1.29 bits per heavy atom. The zero-order chi connectivity index (χ0) is 15.5. The van der Waals surface area contributed by atoms with Gasteiger partial charge in [-0.25, -0.2) is 0 Å². The first-order valence-corrected chi connectivity index (χ1v) is 6.80. The third-order valence-corrected chi connectivity index (χ3v) is 3.44. The molecule has 6 heteroatoms. The molecule has 1 unspecified atom stereocenters. The summed E-state index contributed by atoms with van der Waals surface area (Å²) in [5.41, 5.74) is 0.581. The molecule has 0 aliphatic carbocycles. The highest BCUT2D eigenvalue weighted by molar-refractivity contribution is 5.33. The minimum absolute atomic E-state index is 0.261. The Balaban J connectivity index is 2.29. The first-order chi connectivity index (χ1) is 9.95. The van der Waals surface area contributed by atoms with Crippen LogP contribution in [0, 0.1) is 0 Å². The lowest BCUT2D eigenvalue weighted by molar-refractivity contribution is -0.138. The van der Waals surface area contributed by atoms with Crippen molar-refractivity contribution in [3.05, 3.63) is 53.3 Å². The second-order valence-electron chi connectivity index (χ2n) is 4.83. The van der Waals surface area contributed by atoms with E-state index in [1.807, 2.05) is 13.1 Å². The van der Waals surface area contributed by atoms with Gasteiger partial charge in [0.2, 0.25) is 0 Å². The van der Waals surface area contributed by atoms with Crippen LogP contribution in [0.2, 0.25) is 0 Å². The van der Waals surface area contributed by atoms with Gasteiger partial charge in [0.15, 0.2) is 0 Å². The second-order valence-corrected chi connectivity index (χ2v) is 4.83. The summed E-state index contributed by atoms with van der Waals surface area (Å²) in [6.07, 6.45) is -0.326. The molecule has 114 valence electrons. The topological polar surface area (TPSA) is 29.9 Å². The highest BCUT2D eigenvalue weighted by atomic mass is 19.4. The highest BCUT2D eigenvalue weighted by Gasteiger charge is 2.34. The number of nitrogens with one attached hydrogen (secondary N) is 1. The molecule has 2 aromatic rings. The van der Waals surface area contributed by atoms with Crippen molar-refractivity contribution >= 4 is 0 Å². The summed E-state index contributed by atoms with van der Waals surface area (Å²) in [4.78, 5) is 0. The lowest BCUT2D eigenvalue weighted by Crippen LogP contribution is -2.22. The molecule has 0 saturated carbocycles. The Morgan fingerprint density at radius 2 is 2.00 bits per heavy atom. The van der Waals surface area contributed by atoms with Crippen LogP contribution in [-0.2, 0) is 19.1 Å². The lowest BCUT2D eigenvalue weighted by atomic mass is 9.95. The van der Waals surface area contributed by atoms with Crippen LogP contribution in [0.3, 0.4) is 0 Å². The molecule has 0 aliphatic heterocycles. The Bertz CT molecular complexity index is 590. The largest absolute Gasteiger partial charge is 0.416 e. The van der Waals surface area contributed by atoms with E-state index in [0.717, 1.165) is 18.2 Å². The first-order valence-electron chi connectivity index (χ1n) is 6.80. The Kier molecular flexibility index (Phi) is 4.67. The molecule has 2 rings (SSSR count). The summed E-state index contributed by atoms with van der Waals surface area (Å²) in [5, 5.41) is 7.12. The van der Waals surface area contributed by atoms with Crippen molar-refractivity contribution in [2.24, 2.45) is 0 Å². The van der Waals surface area contributed by atoms with Crippen molar-refractivity contribution in [3.63, 3.8) is 0 Å². The van der Waals surface area contributed by atoms with Gasteiger partial charge in [-0.15, -0.1) is 0 Å². The third-order valence-electron chi connectivity index (χ3n) is 3.44. The van der Waals surface area contributed by atoms with Crippen molar-refractivity contribution in [2.45, 2.75) is 32.1 Å². The van der Waals surface area contributed by atoms with Gasteiger partial charge < -0.3 is 5.32 Å². The van der Waals surface area contributed by atoms with Crippen molar-refractivity contribution in [1.29, 1.82) is 0 Å². The fourth-order valence-corrected chi connectivity index (χ4v) is 2.35. The minimum atomic E-state index is -4.35. The molecule has 1 heterocycles. The quantitative estimate of drug-likeness (QED) is 0.916. The molecular weight excluding hydrogens is 279 g/mol. The number of halogens is 3. The molecule has 1 N–H and O–H groups in total. The molecule has 21 heavy (non-hydrogen) atoms. The van der Waals surface area contributed by atoms with E-state index >= 15 is 0 Å². The fourth-order valence-electron chi connectivity index (χ4n) is 2.35. The van der Waals surface area contributed by atoms with E-state index in [2.05, 4.69) is 10.4 Å². The number of aryl methyl sites for hydroxylation is 1. The summed E-state index contributed by atoms with van der Waals surface area (Å²) in [5.74, 6) is 0. The maximum atomic E-state index is 13.1. The highest BCUT2D eigenvalue weighted by Crippen LogP contribution is 2.35. The molecule has 0 radical (unpaired) electrons. The molecule has 3 nitrogen and oxygen atoms in total. The van der Waals surface area contributed by atoms with Crippen LogP contribution in [0.25, 0.3) is 0 Å². The van der Waals surface area contributed by atoms with E-state index < -0.39 is 17.8 Å².